The summed E-state index contributed by atoms with van der Waals surface area (Å²) in [7, 11) is -4.79. The fourth-order valence-electron chi connectivity index (χ4n) is 3.20. The third-order valence-electron chi connectivity index (χ3n) is 4.87. The van der Waals surface area contributed by atoms with E-state index in [4.69, 9.17) is 5.73 Å². The Labute approximate surface area is 198 Å². The highest BCUT2D eigenvalue weighted by Crippen LogP contribution is 2.45. The number of hydrogen-bond acceptors (Lipinski definition) is 10. The second-order valence-corrected chi connectivity index (χ2v) is 8.54. The number of rotatable bonds is 6. The van der Waals surface area contributed by atoms with Crippen molar-refractivity contribution in [2.24, 2.45) is 20.5 Å². The number of phenolic OH excluding ortho intramolecular Hbond substituents is 1. The smallest absolute Gasteiger partial charge is 0.296 e. The molecule has 176 valence electrons. The Bertz CT molecular complexity index is 1600. The van der Waals surface area contributed by atoms with Gasteiger partial charge < -0.3 is 10.8 Å². The van der Waals surface area contributed by atoms with Crippen LogP contribution in [0.4, 0.5) is 34.1 Å². The quantitative estimate of drug-likeness (QED) is 0.0948. The number of phenols is 1. The van der Waals surface area contributed by atoms with E-state index in [1.165, 1.54) is 36.4 Å². The summed E-state index contributed by atoms with van der Waals surface area (Å²) in [6.45, 7) is 0. The number of non-ortho nitro benzene ring substituents is 1. The zero-order valence-corrected chi connectivity index (χ0v) is 18.5. The lowest BCUT2D eigenvalue weighted by Crippen LogP contribution is -2.01. The molecule has 0 saturated carbocycles. The van der Waals surface area contributed by atoms with Gasteiger partial charge in [-0.05, 0) is 41.8 Å². The minimum Gasteiger partial charge on any atom is -0.505 e. The largest absolute Gasteiger partial charge is 0.505 e. The molecule has 4 rings (SSSR count). The van der Waals surface area contributed by atoms with Crippen molar-refractivity contribution in [3.63, 3.8) is 0 Å². The Kier molecular flexibility index (Phi) is 6.18. The predicted octanol–water partition coefficient (Wildman–Crippen LogP) is 6.11. The Morgan fingerprint density at radius 2 is 1.49 bits per heavy atom. The summed E-state index contributed by atoms with van der Waals surface area (Å²) in [5.74, 6) is -0.381. The number of nitro groups is 1. The summed E-state index contributed by atoms with van der Waals surface area (Å²) in [5, 5.41) is 37.6. The lowest BCUT2D eigenvalue weighted by molar-refractivity contribution is -0.384. The highest BCUT2D eigenvalue weighted by atomic mass is 32.2. The molecule has 4 N–H and O–H groups in total. The number of nitro benzene ring substituents is 1. The zero-order chi connectivity index (χ0) is 25.2. The molecule has 0 amide bonds. The van der Waals surface area contributed by atoms with Gasteiger partial charge in [0.05, 0.1) is 27.4 Å². The fraction of sp³-hybridized carbons (Fsp3) is 0. The van der Waals surface area contributed by atoms with Crippen molar-refractivity contribution in [3.05, 3.63) is 82.9 Å². The minimum atomic E-state index is -4.79. The first-order valence-electron chi connectivity index (χ1n) is 9.84. The summed E-state index contributed by atoms with van der Waals surface area (Å²) < 4.78 is 33.8. The van der Waals surface area contributed by atoms with Crippen molar-refractivity contribution >= 4 is 55.0 Å². The topological polar surface area (TPSA) is 193 Å². The van der Waals surface area contributed by atoms with Crippen LogP contribution in [0, 0.1) is 10.1 Å². The van der Waals surface area contributed by atoms with Gasteiger partial charge in [-0.15, -0.1) is 10.2 Å². The van der Waals surface area contributed by atoms with Gasteiger partial charge in [-0.3, -0.25) is 14.7 Å². The highest BCUT2D eigenvalue weighted by Gasteiger charge is 2.23. The normalized spacial score (nSPS) is 12.0. The van der Waals surface area contributed by atoms with Crippen LogP contribution in [0.15, 0.2) is 98.1 Å². The van der Waals surface area contributed by atoms with E-state index in [1.807, 2.05) is 6.07 Å². The van der Waals surface area contributed by atoms with E-state index in [2.05, 4.69) is 20.5 Å². The van der Waals surface area contributed by atoms with E-state index in [0.29, 0.717) is 5.69 Å². The van der Waals surface area contributed by atoms with E-state index in [-0.39, 0.29) is 39.3 Å². The molecule has 0 aliphatic carbocycles. The van der Waals surface area contributed by atoms with Crippen molar-refractivity contribution < 1.29 is 23.0 Å². The first kappa shape index (κ1) is 23.4. The van der Waals surface area contributed by atoms with Gasteiger partial charge in [-0.2, -0.15) is 18.6 Å². The molecule has 0 aromatic heterocycles. The SMILES string of the molecule is Nc1c(N=Nc2ccc([N+](=O)[O-])cc2)c(S(=O)(=O)O)cc2ccc(N=Nc3ccccc3)c(O)c12. The van der Waals surface area contributed by atoms with Crippen LogP contribution in [0.1, 0.15) is 0 Å². The van der Waals surface area contributed by atoms with Gasteiger partial charge in [-0.25, -0.2) is 0 Å². The maximum Gasteiger partial charge on any atom is 0.296 e. The third-order valence-corrected chi connectivity index (χ3v) is 5.73. The van der Waals surface area contributed by atoms with Gasteiger partial charge in [0.1, 0.15) is 16.3 Å². The van der Waals surface area contributed by atoms with Crippen LogP contribution in [0.2, 0.25) is 0 Å². The lowest BCUT2D eigenvalue weighted by atomic mass is 10.1. The van der Waals surface area contributed by atoms with Crippen LogP contribution in [-0.2, 0) is 10.1 Å². The molecule has 4 aromatic carbocycles. The molecular formula is C22H16N6O6S. The average molecular weight is 492 g/mol. The molecule has 0 unspecified atom stereocenters. The zero-order valence-electron chi connectivity index (χ0n) is 17.7. The number of nitrogen functional groups attached to an aromatic ring is 1. The van der Waals surface area contributed by atoms with Crippen LogP contribution in [0.25, 0.3) is 10.8 Å². The number of aromatic hydroxyl groups is 1. The van der Waals surface area contributed by atoms with E-state index in [0.717, 1.165) is 6.07 Å². The van der Waals surface area contributed by atoms with Gasteiger partial charge in [0.2, 0.25) is 0 Å². The average Bonchev–Trinajstić information content (AvgIpc) is 2.83. The molecule has 0 aliphatic heterocycles. The molecule has 0 spiro atoms. The molecule has 0 saturated heterocycles. The van der Waals surface area contributed by atoms with Gasteiger partial charge >= 0.3 is 0 Å². The molecular weight excluding hydrogens is 476 g/mol. The number of nitrogens with zero attached hydrogens (tertiary/aromatic N) is 5. The summed E-state index contributed by atoms with van der Waals surface area (Å²) in [5.41, 5.74) is 6.05. The molecule has 0 bridgehead atoms. The van der Waals surface area contributed by atoms with Crippen molar-refractivity contribution in [2.75, 3.05) is 5.73 Å². The van der Waals surface area contributed by atoms with Crippen molar-refractivity contribution in [1.82, 2.24) is 0 Å². The van der Waals surface area contributed by atoms with E-state index >= 15 is 0 Å². The van der Waals surface area contributed by atoms with Crippen LogP contribution >= 0.6 is 0 Å². The van der Waals surface area contributed by atoms with Gasteiger partial charge in [0.25, 0.3) is 15.8 Å². The second kappa shape index (κ2) is 9.24. The van der Waals surface area contributed by atoms with Gasteiger partial charge in [0, 0.05) is 12.1 Å². The maximum atomic E-state index is 12.0. The number of anilines is 1. The third kappa shape index (κ3) is 4.95. The van der Waals surface area contributed by atoms with Gasteiger partial charge in [0.15, 0.2) is 5.75 Å². The Hall–Kier alpha value is -4.75. The minimum absolute atomic E-state index is 0.0274. The fourth-order valence-corrected chi connectivity index (χ4v) is 3.87. The number of benzene rings is 4. The monoisotopic (exact) mass is 492 g/mol. The Morgan fingerprint density at radius 3 is 2.11 bits per heavy atom. The molecule has 0 aliphatic rings. The molecule has 13 heteroatoms. The summed E-state index contributed by atoms with van der Waals surface area (Å²) in [6.07, 6.45) is 0. The molecule has 0 radical (unpaired) electrons. The predicted molar refractivity (Wildman–Crippen MR) is 128 cm³/mol. The van der Waals surface area contributed by atoms with Crippen molar-refractivity contribution in [2.45, 2.75) is 4.90 Å². The van der Waals surface area contributed by atoms with E-state index in [1.54, 1.807) is 24.3 Å². The maximum absolute atomic E-state index is 12.0. The second-order valence-electron chi connectivity index (χ2n) is 7.15. The Morgan fingerprint density at radius 1 is 0.857 bits per heavy atom. The van der Waals surface area contributed by atoms with E-state index < -0.39 is 25.6 Å². The summed E-state index contributed by atoms with van der Waals surface area (Å²) in [4.78, 5) is 9.58. The number of hydrogen-bond donors (Lipinski definition) is 3. The van der Waals surface area contributed by atoms with E-state index in [9.17, 15) is 28.2 Å². The molecule has 4 aromatic rings. The number of nitrogens with two attached hydrogens (primary N) is 1. The molecule has 35 heavy (non-hydrogen) atoms. The first-order chi connectivity index (χ1) is 16.6. The van der Waals surface area contributed by atoms with Crippen LogP contribution in [-0.4, -0.2) is 23.0 Å². The molecule has 12 nitrogen and oxygen atoms in total. The van der Waals surface area contributed by atoms with Crippen LogP contribution in [0.5, 0.6) is 5.75 Å². The van der Waals surface area contributed by atoms with Crippen molar-refractivity contribution in [3.8, 4) is 5.75 Å². The lowest BCUT2D eigenvalue weighted by Gasteiger charge is -2.12. The summed E-state index contributed by atoms with van der Waals surface area (Å²) in [6, 6.07) is 17.7. The molecule has 0 fully saturated rings. The van der Waals surface area contributed by atoms with Crippen LogP contribution in [0.3, 0.4) is 0 Å². The molecule has 0 heterocycles. The first-order valence-corrected chi connectivity index (χ1v) is 11.3. The summed E-state index contributed by atoms with van der Waals surface area (Å²) >= 11 is 0. The number of azo groups is 2. The van der Waals surface area contributed by atoms with Crippen molar-refractivity contribution in [1.29, 1.82) is 0 Å². The highest BCUT2D eigenvalue weighted by molar-refractivity contribution is 7.86. The standard InChI is InChI=1S/C22H16N6O6S/c23-20-19-13(6-11-17(22(19)29)26-24-14-4-2-1-3-5-14)12-18(35(32,33)34)21(20)27-25-15-7-9-16(10-8-15)28(30)31/h1-12,29H,23H2,(H,32,33,34). The number of fused-ring (bicyclic) bond motifs is 1. The Balaban J connectivity index is 1.84. The van der Waals surface area contributed by atoms with Gasteiger partial charge in [-0.1, -0.05) is 24.3 Å². The molecule has 0 atom stereocenters. The van der Waals surface area contributed by atoms with Crippen LogP contribution < -0.4 is 5.73 Å².